The molecule has 0 saturated carbocycles. The Balaban J connectivity index is 0.000000922. The molecule has 0 fully saturated rings. The number of carbonyl (C=O) groups is 4. The first-order valence-corrected chi connectivity index (χ1v) is 17.2. The van der Waals surface area contributed by atoms with E-state index >= 15 is 0 Å². The van der Waals surface area contributed by atoms with Gasteiger partial charge in [-0.25, -0.2) is 36.0 Å². The van der Waals surface area contributed by atoms with Crippen LogP contribution >= 0.6 is 0 Å². The van der Waals surface area contributed by atoms with Gasteiger partial charge in [-0.05, 0) is 119 Å². The monoisotopic (exact) mass is 754 g/mol. The predicted octanol–water partition coefficient (Wildman–Crippen LogP) is 4.62. The quantitative estimate of drug-likeness (QED) is 0.170. The summed E-state index contributed by atoms with van der Waals surface area (Å²) in [6.07, 6.45) is 0. The zero-order valence-electron chi connectivity index (χ0n) is 29.7. The zero-order valence-corrected chi connectivity index (χ0v) is 33.5. The maximum atomic E-state index is 12.1. The van der Waals surface area contributed by atoms with Crippen LogP contribution in [0.15, 0.2) is 46.2 Å². The van der Waals surface area contributed by atoms with Crippen LogP contribution in [-0.4, -0.2) is 110 Å². The van der Waals surface area contributed by atoms with Crippen LogP contribution in [0.3, 0.4) is 0 Å². The molecule has 0 aliphatic carbocycles. The Morgan fingerprint density at radius 3 is 0.898 bits per heavy atom. The van der Waals surface area contributed by atoms with Crippen LogP contribution in [-0.2, 0) is 39.2 Å². The van der Waals surface area contributed by atoms with Gasteiger partial charge in [0, 0.05) is 0 Å². The normalized spacial score (nSPS) is 12.4. The number of benzene rings is 2. The first kappa shape index (κ1) is 46.4. The molecule has 0 bridgehead atoms. The molecular weight excluding hydrogens is 713 g/mol. The number of esters is 4. The van der Waals surface area contributed by atoms with E-state index in [2.05, 4.69) is 0 Å². The Hall–Kier alpha value is -2.60. The molecule has 0 aromatic heterocycles. The number of rotatable bonds is 6. The second-order valence-electron chi connectivity index (χ2n) is 14.3. The molecule has 0 aliphatic heterocycles. The Morgan fingerprint density at radius 2 is 0.694 bits per heavy atom. The van der Waals surface area contributed by atoms with Crippen LogP contribution in [0.1, 0.15) is 125 Å². The van der Waals surface area contributed by atoms with Crippen molar-refractivity contribution in [3.05, 3.63) is 58.7 Å². The van der Waals surface area contributed by atoms with Gasteiger partial charge in [0.15, 0.2) is 0 Å². The molecule has 0 radical (unpaired) electrons. The van der Waals surface area contributed by atoms with Crippen molar-refractivity contribution in [3.63, 3.8) is 0 Å². The van der Waals surface area contributed by atoms with Crippen molar-refractivity contribution in [1.29, 1.82) is 0 Å². The predicted molar refractivity (Wildman–Crippen MR) is 175 cm³/mol. The number of ether oxygens (including phenoxy) is 4. The molecule has 14 nitrogen and oxygen atoms in total. The van der Waals surface area contributed by atoms with Gasteiger partial charge < -0.3 is 28.1 Å². The zero-order chi connectivity index (χ0) is 37.8. The number of hydrogen-bond donors (Lipinski definition) is 0. The van der Waals surface area contributed by atoms with E-state index in [0.29, 0.717) is 0 Å². The molecular formula is C32H42CaO14S2. The van der Waals surface area contributed by atoms with Crippen molar-refractivity contribution in [1.82, 2.24) is 0 Å². The third-order valence-corrected chi connectivity index (χ3v) is 6.76. The van der Waals surface area contributed by atoms with Gasteiger partial charge in [0.2, 0.25) is 0 Å². The van der Waals surface area contributed by atoms with Crippen molar-refractivity contribution in [2.45, 2.75) is 115 Å². The SMILES string of the molecule is CC(C)(C)OC(=O)c1ccc(C(=O)OC(C)(C)C)c(S(=O)(=O)[O-])c1.CC(C)(C)OC(=O)c1ccc(C(=O)OC(C)(C)C)c(S(=O)(=O)[O-])c1.[Ca+2]. The number of hydrogen-bond acceptors (Lipinski definition) is 14. The van der Waals surface area contributed by atoms with Crippen LogP contribution < -0.4 is 0 Å². The average molecular weight is 755 g/mol. The molecule has 2 rings (SSSR count). The molecule has 49 heavy (non-hydrogen) atoms. The van der Waals surface area contributed by atoms with E-state index in [1.807, 2.05) is 0 Å². The van der Waals surface area contributed by atoms with E-state index in [0.717, 1.165) is 24.3 Å². The van der Waals surface area contributed by atoms with E-state index in [-0.39, 0.29) is 48.9 Å². The van der Waals surface area contributed by atoms with Gasteiger partial charge in [-0.2, -0.15) is 0 Å². The minimum atomic E-state index is -4.99. The minimum Gasteiger partial charge on any atom is -0.744 e. The summed E-state index contributed by atoms with van der Waals surface area (Å²) in [5.74, 6) is -3.54. The second kappa shape index (κ2) is 16.6. The fourth-order valence-corrected chi connectivity index (χ4v) is 4.77. The summed E-state index contributed by atoms with van der Waals surface area (Å²) in [6.45, 7) is 19.5. The summed E-state index contributed by atoms with van der Waals surface area (Å²) in [7, 11) is -9.98. The molecule has 268 valence electrons. The van der Waals surface area contributed by atoms with Crippen molar-refractivity contribution in [2.75, 3.05) is 0 Å². The molecule has 2 aromatic rings. The van der Waals surface area contributed by atoms with Crippen LogP contribution in [0, 0.1) is 0 Å². The smallest absolute Gasteiger partial charge is 0.744 e. The molecule has 0 atom stereocenters. The van der Waals surface area contributed by atoms with Gasteiger partial charge in [-0.1, -0.05) is 0 Å². The summed E-state index contributed by atoms with van der Waals surface area (Å²) in [4.78, 5) is 46.6. The van der Waals surface area contributed by atoms with Gasteiger partial charge in [0.1, 0.15) is 42.6 Å². The summed E-state index contributed by atoms with van der Waals surface area (Å²) in [6, 6.07) is 6.21. The Bertz CT molecular complexity index is 1640. The van der Waals surface area contributed by atoms with Crippen LogP contribution in [0.4, 0.5) is 0 Å². The summed E-state index contributed by atoms with van der Waals surface area (Å²) < 4.78 is 89.2. The first-order valence-electron chi connectivity index (χ1n) is 14.3. The molecule has 17 heteroatoms. The van der Waals surface area contributed by atoms with Crippen molar-refractivity contribution in [2.24, 2.45) is 0 Å². The van der Waals surface area contributed by atoms with E-state index in [1.165, 1.54) is 12.1 Å². The fraction of sp³-hybridized carbons (Fsp3) is 0.500. The van der Waals surface area contributed by atoms with Crippen LogP contribution in [0.2, 0.25) is 0 Å². The standard InChI is InChI=1S/2C16H22O7S.Ca/c2*1-15(2,3)22-13(17)10-7-8-11(12(9-10)24(19,20)21)14(18)23-16(4,5)6;/h2*7-9H,1-6H3,(H,19,20,21);/q;;+2/p-2. The van der Waals surface area contributed by atoms with Crippen molar-refractivity contribution in [3.8, 4) is 0 Å². The molecule has 0 N–H and O–H groups in total. The molecule has 0 unspecified atom stereocenters. The molecule has 0 amide bonds. The van der Waals surface area contributed by atoms with Gasteiger partial charge in [-0.3, -0.25) is 0 Å². The Labute approximate surface area is 317 Å². The van der Waals surface area contributed by atoms with Crippen LogP contribution in [0.25, 0.3) is 0 Å². The summed E-state index contributed by atoms with van der Waals surface area (Å²) in [5, 5.41) is 0. The van der Waals surface area contributed by atoms with Crippen LogP contribution in [0.5, 0.6) is 0 Å². The van der Waals surface area contributed by atoms with Gasteiger partial charge >= 0.3 is 61.6 Å². The van der Waals surface area contributed by atoms with Crippen molar-refractivity contribution < 1.29 is 64.1 Å². The molecule has 0 heterocycles. The maximum absolute atomic E-state index is 12.1. The molecule has 0 spiro atoms. The summed E-state index contributed by atoms with van der Waals surface area (Å²) >= 11 is 0. The minimum absolute atomic E-state index is 0. The van der Waals surface area contributed by atoms with E-state index in [1.54, 1.807) is 83.1 Å². The van der Waals surface area contributed by atoms with Gasteiger partial charge in [0.25, 0.3) is 0 Å². The second-order valence-corrected chi connectivity index (χ2v) is 17.0. The average Bonchev–Trinajstić information content (AvgIpc) is 2.83. The third-order valence-electron chi connectivity index (χ3n) is 5.01. The number of carbonyl (C=O) groups excluding carboxylic acids is 4. The largest absolute Gasteiger partial charge is 2.00 e. The van der Waals surface area contributed by atoms with E-state index in [4.69, 9.17) is 18.9 Å². The van der Waals surface area contributed by atoms with Gasteiger partial charge in [0.05, 0.1) is 32.0 Å². The first-order chi connectivity index (χ1) is 21.2. The Kier molecular flexibility index (Phi) is 15.7. The van der Waals surface area contributed by atoms with Gasteiger partial charge in [-0.15, -0.1) is 0 Å². The van der Waals surface area contributed by atoms with Crippen molar-refractivity contribution >= 4 is 81.9 Å². The van der Waals surface area contributed by atoms with E-state index in [9.17, 15) is 45.1 Å². The molecule has 0 aliphatic rings. The van der Waals surface area contributed by atoms with E-state index < -0.39 is 87.4 Å². The summed E-state index contributed by atoms with van der Waals surface area (Å²) in [5.41, 5.74) is -4.47. The molecule has 2 aromatic carbocycles. The fourth-order valence-electron chi connectivity index (χ4n) is 3.39. The third kappa shape index (κ3) is 16.8. The Morgan fingerprint density at radius 1 is 0.469 bits per heavy atom. The topological polar surface area (TPSA) is 220 Å². The molecule has 0 saturated heterocycles. The maximum Gasteiger partial charge on any atom is 2.00 e.